The Hall–Kier alpha value is -2.49. The van der Waals surface area contributed by atoms with Crippen molar-refractivity contribution >= 4 is 23.0 Å². The lowest BCUT2D eigenvalue weighted by Crippen LogP contribution is -2.32. The zero-order valence-corrected chi connectivity index (χ0v) is 10.6. The minimum absolute atomic E-state index is 0.0436. The third-order valence-electron chi connectivity index (χ3n) is 3.77. The van der Waals surface area contributed by atoms with Gasteiger partial charge in [-0.3, -0.25) is 4.79 Å². The fourth-order valence-corrected chi connectivity index (χ4v) is 2.57. The molecule has 0 spiro atoms. The molecule has 96 valence electrons. The van der Waals surface area contributed by atoms with E-state index in [0.29, 0.717) is 11.4 Å². The van der Waals surface area contributed by atoms with E-state index in [0.717, 1.165) is 16.8 Å². The summed E-state index contributed by atoms with van der Waals surface area (Å²) < 4.78 is 0. The van der Waals surface area contributed by atoms with Gasteiger partial charge in [-0.15, -0.1) is 0 Å². The Kier molecular flexibility index (Phi) is 2.29. The zero-order valence-electron chi connectivity index (χ0n) is 10.6. The van der Waals surface area contributed by atoms with Gasteiger partial charge in [0.25, 0.3) is 0 Å². The van der Waals surface area contributed by atoms with Gasteiger partial charge in [-0.2, -0.15) is 0 Å². The van der Waals surface area contributed by atoms with E-state index >= 15 is 0 Å². The Morgan fingerprint density at radius 2 is 1.63 bits per heavy atom. The highest BCUT2D eigenvalue weighted by molar-refractivity contribution is 6.08. The molecule has 0 bridgehead atoms. The Labute approximate surface area is 111 Å². The van der Waals surface area contributed by atoms with Crippen molar-refractivity contribution in [3.8, 4) is 0 Å². The van der Waals surface area contributed by atoms with Crippen molar-refractivity contribution in [1.29, 1.82) is 0 Å². The minimum atomic E-state index is -0.698. The molecule has 1 aliphatic heterocycles. The van der Waals surface area contributed by atoms with E-state index < -0.39 is 5.41 Å². The molecule has 1 atom stereocenters. The lowest BCUT2D eigenvalue weighted by molar-refractivity contribution is -0.119. The minimum Gasteiger partial charge on any atom is -0.399 e. The van der Waals surface area contributed by atoms with Crippen molar-refractivity contribution in [2.45, 2.75) is 12.3 Å². The van der Waals surface area contributed by atoms with E-state index in [2.05, 4.69) is 5.32 Å². The van der Waals surface area contributed by atoms with Gasteiger partial charge in [-0.25, -0.2) is 0 Å². The first-order valence-corrected chi connectivity index (χ1v) is 6.09. The number of hydrogen-bond acceptors (Lipinski definition) is 3. The number of hydrogen-bond donors (Lipinski definition) is 3. The molecule has 3 rings (SSSR count). The number of nitrogens with one attached hydrogen (secondary N) is 1. The first kappa shape index (κ1) is 11.6. The van der Waals surface area contributed by atoms with Gasteiger partial charge in [-0.05, 0) is 42.3 Å². The predicted molar refractivity (Wildman–Crippen MR) is 76.8 cm³/mol. The Bertz CT molecular complexity index is 664. The highest BCUT2D eigenvalue weighted by Gasteiger charge is 2.43. The number of anilines is 3. The van der Waals surface area contributed by atoms with Gasteiger partial charge in [0.15, 0.2) is 0 Å². The van der Waals surface area contributed by atoms with Gasteiger partial charge in [0.1, 0.15) is 0 Å². The zero-order chi connectivity index (χ0) is 13.6. The molecule has 0 aliphatic carbocycles. The summed E-state index contributed by atoms with van der Waals surface area (Å²) in [5.74, 6) is -0.0436. The normalized spacial score (nSPS) is 21.0. The number of nitrogens with two attached hydrogens (primary N) is 2. The predicted octanol–water partition coefficient (Wildman–Crippen LogP) is 2.11. The molecule has 2 aromatic carbocycles. The summed E-state index contributed by atoms with van der Waals surface area (Å²) in [5, 5.41) is 2.89. The second-order valence-electron chi connectivity index (χ2n) is 5.01. The molecule has 19 heavy (non-hydrogen) atoms. The van der Waals surface area contributed by atoms with Crippen LogP contribution in [0.15, 0.2) is 42.5 Å². The van der Waals surface area contributed by atoms with Gasteiger partial charge < -0.3 is 16.8 Å². The number of benzene rings is 2. The lowest BCUT2D eigenvalue weighted by Gasteiger charge is -2.23. The molecule has 1 amide bonds. The van der Waals surface area contributed by atoms with E-state index in [4.69, 9.17) is 11.5 Å². The standard InChI is InChI=1S/C15H15N3O/c1-15(9-2-4-10(16)5-3-9)12-7-6-11(17)8-13(12)18-14(15)19/h2-8H,16-17H2,1H3,(H,18,19). The van der Waals surface area contributed by atoms with Crippen LogP contribution in [0.4, 0.5) is 17.1 Å². The van der Waals surface area contributed by atoms with Crippen LogP contribution in [0, 0.1) is 0 Å². The van der Waals surface area contributed by atoms with Crippen LogP contribution in [-0.2, 0) is 10.2 Å². The summed E-state index contributed by atoms with van der Waals surface area (Å²) in [4.78, 5) is 12.4. The summed E-state index contributed by atoms with van der Waals surface area (Å²) in [5.41, 5.74) is 14.7. The van der Waals surface area contributed by atoms with Crippen molar-refractivity contribution in [2.75, 3.05) is 16.8 Å². The quantitative estimate of drug-likeness (QED) is 0.681. The first-order valence-electron chi connectivity index (χ1n) is 6.09. The maximum atomic E-state index is 12.4. The molecular formula is C15H15N3O. The molecule has 1 heterocycles. The molecule has 0 radical (unpaired) electrons. The van der Waals surface area contributed by atoms with Crippen molar-refractivity contribution in [2.24, 2.45) is 0 Å². The second kappa shape index (κ2) is 3.75. The third-order valence-corrected chi connectivity index (χ3v) is 3.77. The summed E-state index contributed by atoms with van der Waals surface area (Å²) in [6, 6.07) is 12.9. The summed E-state index contributed by atoms with van der Waals surface area (Å²) >= 11 is 0. The summed E-state index contributed by atoms with van der Waals surface area (Å²) in [6.07, 6.45) is 0. The molecule has 4 heteroatoms. The highest BCUT2D eigenvalue weighted by atomic mass is 16.2. The van der Waals surface area contributed by atoms with Crippen molar-refractivity contribution in [3.05, 3.63) is 53.6 Å². The third kappa shape index (κ3) is 1.57. The van der Waals surface area contributed by atoms with E-state index in [9.17, 15) is 4.79 Å². The number of carbonyl (C=O) groups is 1. The average Bonchev–Trinajstić information content (AvgIpc) is 2.62. The SMILES string of the molecule is CC1(c2ccc(N)cc2)C(=O)Nc2cc(N)ccc21. The molecule has 1 aliphatic rings. The van der Waals surface area contributed by atoms with Gasteiger partial charge in [0.2, 0.25) is 5.91 Å². The second-order valence-corrected chi connectivity index (χ2v) is 5.01. The molecule has 0 fully saturated rings. The molecule has 0 saturated heterocycles. The summed E-state index contributed by atoms with van der Waals surface area (Å²) in [6.45, 7) is 1.91. The largest absolute Gasteiger partial charge is 0.399 e. The van der Waals surface area contributed by atoms with Gasteiger partial charge in [-0.1, -0.05) is 18.2 Å². The van der Waals surface area contributed by atoms with Crippen LogP contribution in [0.5, 0.6) is 0 Å². The summed E-state index contributed by atoms with van der Waals surface area (Å²) in [7, 11) is 0. The Morgan fingerprint density at radius 1 is 1.00 bits per heavy atom. The maximum absolute atomic E-state index is 12.4. The monoisotopic (exact) mass is 253 g/mol. The smallest absolute Gasteiger partial charge is 0.239 e. The van der Waals surface area contributed by atoms with Crippen molar-refractivity contribution < 1.29 is 4.79 Å². The topological polar surface area (TPSA) is 81.1 Å². The number of fused-ring (bicyclic) bond motifs is 1. The molecule has 1 unspecified atom stereocenters. The van der Waals surface area contributed by atoms with E-state index in [1.807, 2.05) is 43.3 Å². The van der Waals surface area contributed by atoms with Crippen LogP contribution in [0.1, 0.15) is 18.1 Å². The fourth-order valence-electron chi connectivity index (χ4n) is 2.57. The van der Waals surface area contributed by atoms with E-state index in [1.54, 1.807) is 6.07 Å². The highest BCUT2D eigenvalue weighted by Crippen LogP contribution is 2.43. The van der Waals surface area contributed by atoms with Crippen molar-refractivity contribution in [1.82, 2.24) is 0 Å². The molecule has 5 N–H and O–H groups in total. The molecule has 4 nitrogen and oxygen atoms in total. The number of rotatable bonds is 1. The fraction of sp³-hybridized carbons (Fsp3) is 0.133. The van der Waals surface area contributed by atoms with Gasteiger partial charge in [0, 0.05) is 17.1 Å². The molecule has 0 aromatic heterocycles. The Morgan fingerprint density at radius 3 is 2.32 bits per heavy atom. The number of amides is 1. The molecule has 2 aromatic rings. The van der Waals surface area contributed by atoms with Gasteiger partial charge in [0.05, 0.1) is 5.41 Å². The van der Waals surface area contributed by atoms with Crippen LogP contribution >= 0.6 is 0 Å². The first-order chi connectivity index (χ1) is 9.01. The number of nitrogen functional groups attached to an aromatic ring is 2. The van der Waals surface area contributed by atoms with E-state index in [-0.39, 0.29) is 5.91 Å². The van der Waals surface area contributed by atoms with Crippen LogP contribution in [0.3, 0.4) is 0 Å². The van der Waals surface area contributed by atoms with Crippen LogP contribution in [0.25, 0.3) is 0 Å². The maximum Gasteiger partial charge on any atom is 0.239 e. The van der Waals surface area contributed by atoms with Crippen LogP contribution < -0.4 is 16.8 Å². The molecular weight excluding hydrogens is 238 g/mol. The lowest BCUT2D eigenvalue weighted by atomic mass is 9.77. The molecule has 0 saturated carbocycles. The van der Waals surface area contributed by atoms with Crippen LogP contribution in [0.2, 0.25) is 0 Å². The Balaban J connectivity index is 2.19. The average molecular weight is 253 g/mol. The van der Waals surface area contributed by atoms with Crippen LogP contribution in [-0.4, -0.2) is 5.91 Å². The number of carbonyl (C=O) groups excluding carboxylic acids is 1. The van der Waals surface area contributed by atoms with Gasteiger partial charge >= 0.3 is 0 Å². The van der Waals surface area contributed by atoms with Crippen molar-refractivity contribution in [3.63, 3.8) is 0 Å². The van der Waals surface area contributed by atoms with E-state index in [1.165, 1.54) is 0 Å².